The van der Waals surface area contributed by atoms with Crippen LogP contribution in [0.3, 0.4) is 0 Å². The van der Waals surface area contributed by atoms with Gasteiger partial charge in [-0.25, -0.2) is 9.97 Å². The fourth-order valence-electron chi connectivity index (χ4n) is 3.57. The normalized spacial score (nSPS) is 24.7. The minimum Gasteiger partial charge on any atom is -0.379 e. The Morgan fingerprint density at radius 1 is 0.880 bits per heavy atom. The van der Waals surface area contributed by atoms with Crippen molar-refractivity contribution in [2.75, 3.05) is 0 Å². The van der Waals surface area contributed by atoms with Crippen LogP contribution in [0.1, 0.15) is 23.0 Å². The van der Waals surface area contributed by atoms with E-state index in [9.17, 15) is 9.90 Å². The summed E-state index contributed by atoms with van der Waals surface area (Å²) in [6.07, 6.45) is 4.97. The number of hydrogen-bond donors (Lipinski definition) is 2. The van der Waals surface area contributed by atoms with Gasteiger partial charge in [0.25, 0.3) is 5.91 Å². The Hall–Kier alpha value is -3.05. The van der Waals surface area contributed by atoms with Crippen molar-refractivity contribution in [3.05, 3.63) is 84.4 Å². The fourth-order valence-corrected chi connectivity index (χ4v) is 3.57. The highest BCUT2D eigenvalue weighted by atomic mass is 16.3. The summed E-state index contributed by atoms with van der Waals surface area (Å²) >= 11 is 0. The van der Waals surface area contributed by atoms with Crippen LogP contribution in [-0.4, -0.2) is 26.6 Å². The van der Waals surface area contributed by atoms with Crippen molar-refractivity contribution in [1.82, 2.24) is 9.97 Å². The lowest BCUT2D eigenvalue weighted by molar-refractivity contribution is -0.128. The van der Waals surface area contributed by atoms with Crippen LogP contribution in [0.2, 0.25) is 0 Å². The molecule has 1 saturated carbocycles. The van der Waals surface area contributed by atoms with Crippen LogP contribution < -0.4 is 5.73 Å². The third kappa shape index (κ3) is 2.49. The van der Waals surface area contributed by atoms with Crippen LogP contribution in [0.25, 0.3) is 11.1 Å². The van der Waals surface area contributed by atoms with Gasteiger partial charge >= 0.3 is 0 Å². The maximum absolute atomic E-state index is 11.9. The summed E-state index contributed by atoms with van der Waals surface area (Å²) in [5, 5.41) is 10.8. The quantitative estimate of drug-likeness (QED) is 0.767. The molecule has 5 heteroatoms. The first-order valence-electron chi connectivity index (χ1n) is 8.05. The second kappa shape index (κ2) is 5.79. The molecule has 3 N–H and O–H groups in total. The Balaban J connectivity index is 1.68. The number of carbonyl (C=O) groups excluding carboxylic acids is 1. The number of primary amides is 1. The molecule has 25 heavy (non-hydrogen) atoms. The van der Waals surface area contributed by atoms with E-state index in [2.05, 4.69) is 9.97 Å². The average molecular weight is 331 g/mol. The van der Waals surface area contributed by atoms with E-state index in [0.29, 0.717) is 0 Å². The fraction of sp³-hybridized carbons (Fsp3) is 0.150. The molecular formula is C20H17N3O2. The van der Waals surface area contributed by atoms with Crippen molar-refractivity contribution < 1.29 is 9.90 Å². The van der Waals surface area contributed by atoms with Crippen LogP contribution in [0.5, 0.6) is 0 Å². The monoisotopic (exact) mass is 331 g/mol. The number of aliphatic hydroxyl groups is 1. The van der Waals surface area contributed by atoms with Gasteiger partial charge in [0.15, 0.2) is 5.60 Å². The van der Waals surface area contributed by atoms with Gasteiger partial charge in [0.2, 0.25) is 0 Å². The van der Waals surface area contributed by atoms with E-state index in [1.807, 2.05) is 54.6 Å². The van der Waals surface area contributed by atoms with E-state index in [-0.39, 0.29) is 11.8 Å². The lowest BCUT2D eigenvalue weighted by Gasteiger charge is -2.06. The van der Waals surface area contributed by atoms with Crippen molar-refractivity contribution in [2.24, 2.45) is 5.73 Å². The summed E-state index contributed by atoms with van der Waals surface area (Å²) in [5.41, 5.74) is 7.64. The van der Waals surface area contributed by atoms with Gasteiger partial charge in [0.1, 0.15) is 6.33 Å². The van der Waals surface area contributed by atoms with Crippen LogP contribution in [-0.2, 0) is 4.79 Å². The molecule has 2 aromatic carbocycles. The first-order chi connectivity index (χ1) is 12.1. The van der Waals surface area contributed by atoms with Crippen molar-refractivity contribution >= 4 is 5.91 Å². The van der Waals surface area contributed by atoms with Gasteiger partial charge in [-0.15, -0.1) is 0 Å². The molecule has 1 amide bonds. The van der Waals surface area contributed by atoms with E-state index in [1.165, 1.54) is 6.33 Å². The largest absolute Gasteiger partial charge is 0.379 e. The number of amides is 1. The molecule has 3 atom stereocenters. The second-order valence-corrected chi connectivity index (χ2v) is 6.30. The summed E-state index contributed by atoms with van der Waals surface area (Å²) in [5.74, 6) is -1.35. The van der Waals surface area contributed by atoms with E-state index >= 15 is 0 Å². The molecule has 0 spiro atoms. The zero-order valence-corrected chi connectivity index (χ0v) is 13.4. The number of nitrogens with zero attached hydrogens (tertiary/aromatic N) is 2. The Kier molecular flexibility index (Phi) is 3.58. The Morgan fingerprint density at radius 3 is 2.00 bits per heavy atom. The highest BCUT2D eigenvalue weighted by molar-refractivity contribution is 5.91. The summed E-state index contributed by atoms with van der Waals surface area (Å²) in [6, 6.07) is 17.2. The van der Waals surface area contributed by atoms with Crippen LogP contribution in [0, 0.1) is 0 Å². The van der Waals surface area contributed by atoms with Crippen molar-refractivity contribution in [3.63, 3.8) is 0 Å². The first kappa shape index (κ1) is 15.5. The number of hydrogen-bond acceptors (Lipinski definition) is 4. The molecule has 0 saturated heterocycles. The van der Waals surface area contributed by atoms with Crippen LogP contribution >= 0.6 is 0 Å². The molecule has 5 nitrogen and oxygen atoms in total. The van der Waals surface area contributed by atoms with E-state index in [0.717, 1.165) is 22.3 Å². The highest BCUT2D eigenvalue weighted by Crippen LogP contribution is 2.63. The minimum absolute atomic E-state index is 0.322. The smallest absolute Gasteiger partial charge is 0.250 e. The molecule has 4 rings (SSSR count). The second-order valence-electron chi connectivity index (χ2n) is 6.30. The van der Waals surface area contributed by atoms with E-state index in [1.54, 1.807) is 12.4 Å². The molecule has 1 aliphatic carbocycles. The molecule has 1 heterocycles. The molecule has 3 aromatic rings. The number of benzene rings is 2. The molecule has 1 fully saturated rings. The first-order valence-corrected chi connectivity index (χ1v) is 8.05. The van der Waals surface area contributed by atoms with E-state index in [4.69, 9.17) is 5.73 Å². The number of rotatable bonds is 4. The van der Waals surface area contributed by atoms with Gasteiger partial charge in [0, 0.05) is 29.8 Å². The SMILES string of the molecule is NC(=O)C1(O)C(c2ccccc2)C1c1ccc(-c2cncnc2)cc1. The molecule has 3 unspecified atom stereocenters. The zero-order chi connectivity index (χ0) is 17.4. The highest BCUT2D eigenvalue weighted by Gasteiger charge is 2.69. The maximum Gasteiger partial charge on any atom is 0.250 e. The van der Waals surface area contributed by atoms with Crippen molar-refractivity contribution in [3.8, 4) is 11.1 Å². The van der Waals surface area contributed by atoms with Crippen molar-refractivity contribution in [1.29, 1.82) is 0 Å². The molecule has 0 bridgehead atoms. The molecule has 0 radical (unpaired) electrons. The molecule has 124 valence electrons. The van der Waals surface area contributed by atoms with E-state index < -0.39 is 11.5 Å². The zero-order valence-electron chi connectivity index (χ0n) is 13.4. The topological polar surface area (TPSA) is 89.1 Å². The molecule has 1 aliphatic rings. The predicted octanol–water partition coefficient (Wildman–Crippen LogP) is 2.24. The third-order valence-electron chi connectivity index (χ3n) is 4.89. The van der Waals surface area contributed by atoms with Gasteiger partial charge in [-0.3, -0.25) is 4.79 Å². The summed E-state index contributed by atoms with van der Waals surface area (Å²) in [7, 11) is 0. The molecule has 0 aliphatic heterocycles. The molecule has 1 aromatic heterocycles. The van der Waals surface area contributed by atoms with Crippen LogP contribution in [0.15, 0.2) is 73.3 Å². The van der Waals surface area contributed by atoms with Gasteiger partial charge < -0.3 is 10.8 Å². The number of aromatic nitrogens is 2. The van der Waals surface area contributed by atoms with Gasteiger partial charge in [-0.2, -0.15) is 0 Å². The van der Waals surface area contributed by atoms with Gasteiger partial charge in [0.05, 0.1) is 0 Å². The predicted molar refractivity (Wildman–Crippen MR) is 93.5 cm³/mol. The third-order valence-corrected chi connectivity index (χ3v) is 4.89. The van der Waals surface area contributed by atoms with Gasteiger partial charge in [-0.05, 0) is 16.7 Å². The van der Waals surface area contributed by atoms with Gasteiger partial charge in [-0.1, -0.05) is 54.6 Å². The average Bonchev–Trinajstić information content (AvgIpc) is 3.31. The summed E-state index contributed by atoms with van der Waals surface area (Å²) in [6.45, 7) is 0. The Labute approximate surface area is 145 Å². The van der Waals surface area contributed by atoms with Crippen LogP contribution in [0.4, 0.5) is 0 Å². The summed E-state index contributed by atoms with van der Waals surface area (Å²) < 4.78 is 0. The maximum atomic E-state index is 11.9. The standard InChI is InChI=1S/C20H17N3O2/c21-19(24)20(25)17(14-4-2-1-3-5-14)18(20)15-8-6-13(7-9-15)16-10-22-12-23-11-16/h1-12,17-18,25H,(H2,21,24). The lowest BCUT2D eigenvalue weighted by Crippen LogP contribution is -2.33. The molecular weight excluding hydrogens is 314 g/mol. The Bertz CT molecular complexity index is 897. The number of carbonyl (C=O) groups is 1. The summed E-state index contributed by atoms with van der Waals surface area (Å²) in [4.78, 5) is 19.9. The van der Waals surface area contributed by atoms with Crippen molar-refractivity contribution in [2.45, 2.75) is 17.4 Å². The Morgan fingerprint density at radius 2 is 1.44 bits per heavy atom. The number of nitrogens with two attached hydrogens (primary N) is 1. The minimum atomic E-state index is -1.54. The lowest BCUT2D eigenvalue weighted by atomic mass is 10.0.